The van der Waals surface area contributed by atoms with Crippen molar-refractivity contribution in [1.29, 1.82) is 0 Å². The van der Waals surface area contributed by atoms with Crippen molar-refractivity contribution in [2.45, 2.75) is 31.8 Å². The fraction of sp³-hybridized carbons (Fsp3) is 0.312. The lowest BCUT2D eigenvalue weighted by Crippen LogP contribution is -2.09. The smallest absolute Gasteiger partial charge is 0.161 e. The summed E-state index contributed by atoms with van der Waals surface area (Å²) >= 11 is 0. The van der Waals surface area contributed by atoms with E-state index in [1.807, 2.05) is 17.6 Å². The van der Waals surface area contributed by atoms with Crippen molar-refractivity contribution < 1.29 is 8.78 Å². The van der Waals surface area contributed by atoms with Crippen molar-refractivity contribution in [3.8, 4) is 11.4 Å². The summed E-state index contributed by atoms with van der Waals surface area (Å²) in [5.74, 6) is -1.12. The van der Waals surface area contributed by atoms with E-state index in [0.29, 0.717) is 22.6 Å². The monoisotopic (exact) mass is 315 g/mol. The van der Waals surface area contributed by atoms with Crippen LogP contribution in [0.2, 0.25) is 0 Å². The van der Waals surface area contributed by atoms with Gasteiger partial charge in [-0.25, -0.2) is 13.8 Å². The molecule has 1 saturated carbocycles. The second-order valence-electron chi connectivity index (χ2n) is 5.95. The largest absolute Gasteiger partial charge is 0.323 e. The third-order valence-corrected chi connectivity index (χ3v) is 4.04. The molecule has 1 fully saturated rings. The SMILES string of the molecule is CC(N)c1cc(-c2nc3cc(F)c(F)cc3n2C2CC2)cnn1. The number of imidazole rings is 1. The number of hydrogen-bond donors (Lipinski definition) is 1. The lowest BCUT2D eigenvalue weighted by Gasteiger charge is -2.09. The molecular weight excluding hydrogens is 300 g/mol. The lowest BCUT2D eigenvalue weighted by atomic mass is 10.2. The van der Waals surface area contributed by atoms with Crippen LogP contribution >= 0.6 is 0 Å². The first kappa shape index (κ1) is 14.2. The summed E-state index contributed by atoms with van der Waals surface area (Å²) in [6.45, 7) is 1.82. The van der Waals surface area contributed by atoms with Gasteiger partial charge in [-0.1, -0.05) is 0 Å². The Morgan fingerprint density at radius 3 is 2.65 bits per heavy atom. The van der Waals surface area contributed by atoms with E-state index in [1.165, 1.54) is 6.07 Å². The van der Waals surface area contributed by atoms with Crippen molar-refractivity contribution in [2.75, 3.05) is 0 Å². The number of halogens is 2. The van der Waals surface area contributed by atoms with Gasteiger partial charge in [0.1, 0.15) is 5.82 Å². The minimum atomic E-state index is -0.895. The average molecular weight is 315 g/mol. The zero-order chi connectivity index (χ0) is 16.1. The summed E-state index contributed by atoms with van der Waals surface area (Å²) in [7, 11) is 0. The van der Waals surface area contributed by atoms with Crippen LogP contribution in [0.15, 0.2) is 24.4 Å². The van der Waals surface area contributed by atoms with Gasteiger partial charge in [0, 0.05) is 29.8 Å². The van der Waals surface area contributed by atoms with Gasteiger partial charge >= 0.3 is 0 Å². The summed E-state index contributed by atoms with van der Waals surface area (Å²) in [5.41, 5.74) is 8.28. The van der Waals surface area contributed by atoms with Gasteiger partial charge in [-0.15, -0.1) is 0 Å². The number of hydrogen-bond acceptors (Lipinski definition) is 4. The number of fused-ring (bicyclic) bond motifs is 1. The third-order valence-electron chi connectivity index (χ3n) is 4.04. The molecule has 23 heavy (non-hydrogen) atoms. The molecule has 118 valence electrons. The molecule has 0 amide bonds. The second kappa shape index (κ2) is 5.06. The van der Waals surface area contributed by atoms with Crippen molar-refractivity contribution >= 4 is 11.0 Å². The predicted octanol–water partition coefficient (Wildman–Crippen LogP) is 3.13. The maximum absolute atomic E-state index is 13.6. The Balaban J connectivity index is 1.96. The number of rotatable bonds is 3. The highest BCUT2D eigenvalue weighted by atomic mass is 19.2. The normalized spacial score (nSPS) is 16.0. The molecule has 0 saturated heterocycles. The molecule has 0 spiro atoms. The number of benzene rings is 1. The van der Waals surface area contributed by atoms with E-state index in [4.69, 9.17) is 5.73 Å². The first-order valence-electron chi connectivity index (χ1n) is 7.50. The van der Waals surface area contributed by atoms with Gasteiger partial charge in [0.2, 0.25) is 0 Å². The molecule has 1 unspecified atom stereocenters. The maximum Gasteiger partial charge on any atom is 0.161 e. The first-order chi connectivity index (χ1) is 11.0. The Morgan fingerprint density at radius 1 is 1.22 bits per heavy atom. The highest BCUT2D eigenvalue weighted by molar-refractivity contribution is 5.81. The Morgan fingerprint density at radius 2 is 1.96 bits per heavy atom. The van der Waals surface area contributed by atoms with E-state index < -0.39 is 11.6 Å². The van der Waals surface area contributed by atoms with Crippen LogP contribution in [0.25, 0.3) is 22.4 Å². The molecule has 1 atom stereocenters. The third kappa shape index (κ3) is 2.37. The van der Waals surface area contributed by atoms with Crippen LogP contribution in [0.1, 0.15) is 37.5 Å². The molecule has 4 rings (SSSR count). The topological polar surface area (TPSA) is 69.6 Å². The maximum atomic E-state index is 13.6. The van der Waals surface area contributed by atoms with Crippen LogP contribution in [-0.2, 0) is 0 Å². The Labute approximate surface area is 131 Å². The number of nitrogens with two attached hydrogens (primary N) is 1. The van der Waals surface area contributed by atoms with Gasteiger partial charge in [0.15, 0.2) is 11.6 Å². The summed E-state index contributed by atoms with van der Waals surface area (Å²) in [5, 5.41) is 7.98. The molecule has 2 heterocycles. The minimum Gasteiger partial charge on any atom is -0.323 e. The van der Waals surface area contributed by atoms with Crippen molar-refractivity contribution in [3.63, 3.8) is 0 Å². The van der Waals surface area contributed by atoms with E-state index in [0.717, 1.165) is 24.5 Å². The van der Waals surface area contributed by atoms with E-state index in [1.54, 1.807) is 6.20 Å². The number of nitrogens with zero attached hydrogens (tertiary/aromatic N) is 4. The van der Waals surface area contributed by atoms with Crippen molar-refractivity contribution in [3.05, 3.63) is 41.7 Å². The molecule has 1 aliphatic rings. The molecule has 2 aromatic heterocycles. The molecule has 0 bridgehead atoms. The van der Waals surface area contributed by atoms with Gasteiger partial charge in [-0.3, -0.25) is 0 Å². The van der Waals surface area contributed by atoms with E-state index >= 15 is 0 Å². The Bertz CT molecular complexity index is 899. The summed E-state index contributed by atoms with van der Waals surface area (Å²) in [4.78, 5) is 4.49. The molecule has 1 aliphatic carbocycles. The van der Waals surface area contributed by atoms with E-state index in [9.17, 15) is 8.78 Å². The zero-order valence-electron chi connectivity index (χ0n) is 12.5. The van der Waals surface area contributed by atoms with E-state index in [2.05, 4.69) is 15.2 Å². The van der Waals surface area contributed by atoms with Gasteiger partial charge in [-0.05, 0) is 25.8 Å². The predicted molar refractivity (Wildman–Crippen MR) is 81.5 cm³/mol. The molecular formula is C16H15F2N5. The zero-order valence-corrected chi connectivity index (χ0v) is 12.5. The van der Waals surface area contributed by atoms with Crippen LogP contribution < -0.4 is 5.73 Å². The second-order valence-corrected chi connectivity index (χ2v) is 5.95. The quantitative estimate of drug-likeness (QED) is 0.806. The molecule has 0 radical (unpaired) electrons. The lowest BCUT2D eigenvalue weighted by molar-refractivity contribution is 0.510. The van der Waals surface area contributed by atoms with Gasteiger partial charge in [-0.2, -0.15) is 10.2 Å². The summed E-state index contributed by atoms with van der Waals surface area (Å²) in [6.07, 6.45) is 3.59. The summed E-state index contributed by atoms with van der Waals surface area (Å²) in [6, 6.07) is 4.17. The van der Waals surface area contributed by atoms with Crippen LogP contribution in [0.5, 0.6) is 0 Å². The van der Waals surface area contributed by atoms with Gasteiger partial charge < -0.3 is 10.3 Å². The van der Waals surface area contributed by atoms with Crippen molar-refractivity contribution in [2.24, 2.45) is 5.73 Å². The highest BCUT2D eigenvalue weighted by Gasteiger charge is 2.29. The van der Waals surface area contributed by atoms with E-state index in [-0.39, 0.29) is 12.1 Å². The Kier molecular flexibility index (Phi) is 3.12. The van der Waals surface area contributed by atoms with Gasteiger partial charge in [0.25, 0.3) is 0 Å². The van der Waals surface area contributed by atoms with Crippen LogP contribution in [0.4, 0.5) is 8.78 Å². The van der Waals surface area contributed by atoms with Crippen LogP contribution in [-0.4, -0.2) is 19.7 Å². The Hall–Kier alpha value is -2.41. The standard InChI is InChI=1S/C16H15F2N5/c1-8(19)13-4-9(7-20-22-13)16-21-14-5-11(17)12(18)6-15(14)23(16)10-2-3-10/h4-8,10H,2-3,19H2,1H3. The molecule has 3 aromatic rings. The molecule has 2 N–H and O–H groups in total. The fourth-order valence-corrected chi connectivity index (χ4v) is 2.72. The molecule has 5 nitrogen and oxygen atoms in total. The van der Waals surface area contributed by atoms with Gasteiger partial charge in [0.05, 0.1) is 22.9 Å². The average Bonchev–Trinajstić information content (AvgIpc) is 3.30. The highest BCUT2D eigenvalue weighted by Crippen LogP contribution is 2.41. The first-order valence-corrected chi connectivity index (χ1v) is 7.50. The fourth-order valence-electron chi connectivity index (χ4n) is 2.72. The minimum absolute atomic E-state index is 0.254. The summed E-state index contributed by atoms with van der Waals surface area (Å²) < 4.78 is 29.1. The molecule has 7 heteroatoms. The molecule has 0 aliphatic heterocycles. The number of aromatic nitrogens is 4. The molecule has 1 aromatic carbocycles. The van der Waals surface area contributed by atoms with Crippen molar-refractivity contribution in [1.82, 2.24) is 19.7 Å². The van der Waals surface area contributed by atoms with Crippen LogP contribution in [0, 0.1) is 11.6 Å². The van der Waals surface area contributed by atoms with Crippen LogP contribution in [0.3, 0.4) is 0 Å².